The van der Waals surface area contributed by atoms with Crippen molar-refractivity contribution in [3.05, 3.63) is 79.3 Å². The van der Waals surface area contributed by atoms with E-state index < -0.39 is 0 Å². The molecule has 3 aromatic heterocycles. The standard InChI is InChI=1S/C29H27N5O3/c1-19(35)33-13-11-22(12-14-33)34-18-21(16-32-34)26-17-31-29(30)28-25(26)15-27(37-28)20-7-9-24(10-8-20)36-23-5-3-2-4-6-23/h2-10,15-18,22H,11-14H2,1H3,(H2,30,31). The van der Waals surface area contributed by atoms with E-state index in [1.165, 1.54) is 0 Å². The van der Waals surface area contributed by atoms with Gasteiger partial charge in [-0.1, -0.05) is 18.2 Å². The summed E-state index contributed by atoms with van der Waals surface area (Å²) in [4.78, 5) is 17.9. The molecule has 0 radical (unpaired) electrons. The molecule has 0 aliphatic carbocycles. The van der Waals surface area contributed by atoms with Crippen molar-refractivity contribution in [2.75, 3.05) is 18.8 Å². The van der Waals surface area contributed by atoms with Gasteiger partial charge in [0.2, 0.25) is 5.91 Å². The predicted molar refractivity (Wildman–Crippen MR) is 142 cm³/mol. The van der Waals surface area contributed by atoms with Crippen LogP contribution in [0.15, 0.2) is 83.7 Å². The number of furan rings is 1. The molecule has 1 saturated heterocycles. The zero-order chi connectivity index (χ0) is 25.4. The molecule has 4 heterocycles. The van der Waals surface area contributed by atoms with Gasteiger partial charge >= 0.3 is 0 Å². The molecule has 5 aromatic rings. The molecule has 6 rings (SSSR count). The zero-order valence-electron chi connectivity index (χ0n) is 20.5. The molecule has 8 heteroatoms. The van der Waals surface area contributed by atoms with Gasteiger partial charge in [-0.15, -0.1) is 0 Å². The monoisotopic (exact) mass is 493 g/mol. The van der Waals surface area contributed by atoms with Gasteiger partial charge in [0.15, 0.2) is 11.4 Å². The first-order valence-electron chi connectivity index (χ1n) is 12.4. The summed E-state index contributed by atoms with van der Waals surface area (Å²) in [6, 6.07) is 19.7. The van der Waals surface area contributed by atoms with E-state index >= 15 is 0 Å². The fourth-order valence-electron chi connectivity index (χ4n) is 4.85. The number of pyridine rings is 1. The Morgan fingerprint density at radius 3 is 2.46 bits per heavy atom. The summed E-state index contributed by atoms with van der Waals surface area (Å²) in [6.07, 6.45) is 7.44. The molecule has 1 aliphatic heterocycles. The number of nitrogen functional groups attached to an aromatic ring is 1. The van der Waals surface area contributed by atoms with Gasteiger partial charge in [-0.05, 0) is 55.3 Å². The van der Waals surface area contributed by atoms with Crippen LogP contribution in [0.4, 0.5) is 5.82 Å². The van der Waals surface area contributed by atoms with Gasteiger partial charge in [-0.2, -0.15) is 5.10 Å². The molecular weight excluding hydrogens is 466 g/mol. The summed E-state index contributed by atoms with van der Waals surface area (Å²) < 4.78 is 14.1. The number of benzene rings is 2. The number of fused-ring (bicyclic) bond motifs is 1. The van der Waals surface area contributed by atoms with Gasteiger partial charge in [0.1, 0.15) is 17.3 Å². The Hall–Kier alpha value is -4.59. The number of aromatic nitrogens is 3. The Morgan fingerprint density at radius 1 is 1.00 bits per heavy atom. The van der Waals surface area contributed by atoms with Crippen LogP contribution in [0.1, 0.15) is 25.8 Å². The molecule has 1 fully saturated rings. The molecule has 0 saturated carbocycles. The number of nitrogens with zero attached hydrogens (tertiary/aromatic N) is 4. The van der Waals surface area contributed by atoms with Crippen LogP contribution in [0.2, 0.25) is 0 Å². The second-order valence-electron chi connectivity index (χ2n) is 9.30. The van der Waals surface area contributed by atoms with Gasteiger partial charge < -0.3 is 19.8 Å². The Kier molecular flexibility index (Phi) is 5.84. The van der Waals surface area contributed by atoms with Crippen LogP contribution < -0.4 is 10.5 Å². The summed E-state index contributed by atoms with van der Waals surface area (Å²) in [7, 11) is 0. The normalized spacial score (nSPS) is 14.2. The van der Waals surface area contributed by atoms with Crippen LogP contribution in [-0.4, -0.2) is 38.7 Å². The maximum atomic E-state index is 11.6. The summed E-state index contributed by atoms with van der Waals surface area (Å²) in [6.45, 7) is 3.13. The van der Waals surface area contributed by atoms with E-state index in [9.17, 15) is 4.79 Å². The second-order valence-corrected chi connectivity index (χ2v) is 9.30. The Morgan fingerprint density at radius 2 is 1.73 bits per heavy atom. The van der Waals surface area contributed by atoms with Crippen molar-refractivity contribution < 1.29 is 13.9 Å². The molecule has 8 nitrogen and oxygen atoms in total. The molecule has 0 unspecified atom stereocenters. The largest absolute Gasteiger partial charge is 0.457 e. The van der Waals surface area contributed by atoms with Crippen LogP contribution in [0.25, 0.3) is 33.4 Å². The van der Waals surface area contributed by atoms with Crippen molar-refractivity contribution >= 4 is 22.7 Å². The molecule has 0 atom stereocenters. The lowest BCUT2D eigenvalue weighted by molar-refractivity contribution is -0.130. The lowest BCUT2D eigenvalue weighted by atomic mass is 10.0. The SMILES string of the molecule is CC(=O)N1CCC(n2cc(-c3cnc(N)c4oc(-c5ccc(Oc6ccccc6)cc5)cc34)cn2)CC1. The van der Waals surface area contributed by atoms with E-state index in [0.29, 0.717) is 17.2 Å². The first-order chi connectivity index (χ1) is 18.0. The van der Waals surface area contributed by atoms with Crippen molar-refractivity contribution in [3.63, 3.8) is 0 Å². The summed E-state index contributed by atoms with van der Waals surface area (Å²) in [5.74, 6) is 2.70. The minimum absolute atomic E-state index is 0.129. The predicted octanol–water partition coefficient (Wildman–Crippen LogP) is 5.92. The topological polar surface area (TPSA) is 99.4 Å². The number of carbonyl (C=O) groups is 1. The Bertz CT molecular complexity index is 1550. The highest BCUT2D eigenvalue weighted by Crippen LogP contribution is 2.37. The van der Waals surface area contributed by atoms with Crippen LogP contribution in [0, 0.1) is 0 Å². The summed E-state index contributed by atoms with van der Waals surface area (Å²) in [5.41, 5.74) is 9.52. The van der Waals surface area contributed by atoms with Crippen LogP contribution in [0.3, 0.4) is 0 Å². The minimum atomic E-state index is 0.129. The number of hydrogen-bond donors (Lipinski definition) is 1. The lowest BCUT2D eigenvalue weighted by Gasteiger charge is -2.31. The molecule has 1 amide bonds. The highest BCUT2D eigenvalue weighted by molar-refractivity contribution is 6.00. The second kappa shape index (κ2) is 9.46. The number of hydrogen-bond acceptors (Lipinski definition) is 6. The average molecular weight is 494 g/mol. The molecule has 186 valence electrons. The van der Waals surface area contributed by atoms with Gasteiger partial charge in [-0.25, -0.2) is 4.98 Å². The highest BCUT2D eigenvalue weighted by atomic mass is 16.5. The number of para-hydroxylation sites is 1. The maximum absolute atomic E-state index is 11.6. The third-order valence-corrected chi connectivity index (χ3v) is 6.90. The van der Waals surface area contributed by atoms with Gasteiger partial charge in [0.05, 0.1) is 12.2 Å². The number of ether oxygens (including phenoxy) is 1. The van der Waals surface area contributed by atoms with Crippen LogP contribution >= 0.6 is 0 Å². The number of likely N-dealkylation sites (tertiary alicyclic amines) is 1. The fourth-order valence-corrected chi connectivity index (χ4v) is 4.85. The first kappa shape index (κ1) is 22.8. The van der Waals surface area contributed by atoms with Crippen molar-refractivity contribution in [3.8, 4) is 33.9 Å². The molecule has 37 heavy (non-hydrogen) atoms. The number of nitrogens with two attached hydrogens (primary N) is 1. The van der Waals surface area contributed by atoms with Crippen LogP contribution in [-0.2, 0) is 4.79 Å². The lowest BCUT2D eigenvalue weighted by Crippen LogP contribution is -2.37. The van der Waals surface area contributed by atoms with E-state index in [-0.39, 0.29) is 11.9 Å². The first-order valence-corrected chi connectivity index (χ1v) is 12.4. The van der Waals surface area contributed by atoms with E-state index in [0.717, 1.165) is 59.5 Å². The molecule has 2 N–H and O–H groups in total. The molecular formula is C29H27N5O3. The smallest absolute Gasteiger partial charge is 0.219 e. The number of anilines is 1. The highest BCUT2D eigenvalue weighted by Gasteiger charge is 2.23. The molecule has 1 aliphatic rings. The van der Waals surface area contributed by atoms with Gasteiger partial charge in [0, 0.05) is 54.5 Å². The Balaban J connectivity index is 1.26. The van der Waals surface area contributed by atoms with Gasteiger partial charge in [-0.3, -0.25) is 9.48 Å². The Labute approximate surface area is 214 Å². The third kappa shape index (κ3) is 4.53. The van der Waals surface area contributed by atoms with Crippen molar-refractivity contribution in [1.82, 2.24) is 19.7 Å². The van der Waals surface area contributed by atoms with Gasteiger partial charge in [0.25, 0.3) is 0 Å². The third-order valence-electron chi connectivity index (χ3n) is 6.90. The number of rotatable bonds is 5. The fraction of sp³-hybridized carbons (Fsp3) is 0.207. The van der Waals surface area contributed by atoms with E-state index in [4.69, 9.17) is 14.9 Å². The number of piperidine rings is 1. The van der Waals surface area contributed by atoms with Crippen LogP contribution in [0.5, 0.6) is 11.5 Å². The summed E-state index contributed by atoms with van der Waals surface area (Å²) in [5, 5.41) is 5.52. The molecule has 0 spiro atoms. The van der Waals surface area contributed by atoms with E-state index in [2.05, 4.69) is 10.1 Å². The quantitative estimate of drug-likeness (QED) is 0.326. The summed E-state index contributed by atoms with van der Waals surface area (Å²) >= 11 is 0. The minimum Gasteiger partial charge on any atom is -0.457 e. The van der Waals surface area contributed by atoms with E-state index in [1.54, 1.807) is 13.1 Å². The van der Waals surface area contributed by atoms with E-state index in [1.807, 2.05) is 82.6 Å². The number of amides is 1. The molecule has 2 aromatic carbocycles. The average Bonchev–Trinajstić information content (AvgIpc) is 3.59. The van der Waals surface area contributed by atoms with Crippen molar-refractivity contribution in [2.45, 2.75) is 25.8 Å². The maximum Gasteiger partial charge on any atom is 0.219 e. The number of carbonyl (C=O) groups excluding carboxylic acids is 1. The van der Waals surface area contributed by atoms with Crippen molar-refractivity contribution in [2.24, 2.45) is 0 Å². The van der Waals surface area contributed by atoms with Crippen molar-refractivity contribution in [1.29, 1.82) is 0 Å². The zero-order valence-corrected chi connectivity index (χ0v) is 20.5. The molecule has 0 bridgehead atoms.